The highest BCUT2D eigenvalue weighted by molar-refractivity contribution is 7.85. The van der Waals surface area contributed by atoms with Gasteiger partial charge in [0, 0.05) is 30.7 Å². The minimum absolute atomic E-state index is 0.00284. The van der Waals surface area contributed by atoms with Crippen molar-refractivity contribution in [3.05, 3.63) is 34.9 Å². The monoisotopic (exact) mass is 460 g/mol. The number of benzene rings is 1. The summed E-state index contributed by atoms with van der Waals surface area (Å²) in [5, 5.41) is 4.11. The van der Waals surface area contributed by atoms with Gasteiger partial charge in [-0.05, 0) is 59.8 Å². The number of nitrogens with one attached hydrogen (secondary N) is 1. The van der Waals surface area contributed by atoms with Crippen LogP contribution in [0.2, 0.25) is 0 Å². The molecule has 3 unspecified atom stereocenters. The van der Waals surface area contributed by atoms with Crippen LogP contribution in [0.4, 0.5) is 0 Å². The van der Waals surface area contributed by atoms with Gasteiger partial charge in [-0.15, -0.1) is 0 Å². The molecular formula is C23H30N3O5S-. The second-order valence-corrected chi connectivity index (χ2v) is 11.5. The zero-order valence-corrected chi connectivity index (χ0v) is 19.3. The van der Waals surface area contributed by atoms with Crippen molar-refractivity contribution in [1.82, 2.24) is 5.43 Å². The van der Waals surface area contributed by atoms with Gasteiger partial charge in [0.2, 0.25) is 5.91 Å². The first kappa shape index (κ1) is 23.1. The van der Waals surface area contributed by atoms with Crippen LogP contribution < -0.4 is 11.2 Å². The van der Waals surface area contributed by atoms with E-state index >= 15 is 0 Å². The van der Waals surface area contributed by atoms with Gasteiger partial charge in [-0.1, -0.05) is 26.0 Å². The van der Waals surface area contributed by atoms with Crippen LogP contribution in [-0.2, 0) is 32.5 Å². The number of Topliss-reactive ketones (excluding diaryl/α,β-unsaturated/α-hetero) is 1. The maximum atomic E-state index is 11.8. The fourth-order valence-electron chi connectivity index (χ4n) is 5.92. The number of hydrazone groups is 1. The van der Waals surface area contributed by atoms with E-state index in [1.165, 1.54) is 11.1 Å². The maximum Gasteiger partial charge on any atom is 0.240 e. The van der Waals surface area contributed by atoms with E-state index in [4.69, 9.17) is 5.73 Å². The number of rotatable bonds is 3. The third kappa shape index (κ3) is 4.13. The summed E-state index contributed by atoms with van der Waals surface area (Å²) in [6.07, 6.45) is 5.04. The first-order valence-corrected chi connectivity index (χ1v) is 12.7. The quantitative estimate of drug-likeness (QED) is 0.657. The molecule has 174 valence electrons. The molecule has 8 nitrogen and oxygen atoms in total. The molecule has 3 N–H and O–H groups in total. The summed E-state index contributed by atoms with van der Waals surface area (Å²) in [7, 11) is -4.33. The Morgan fingerprint density at radius 2 is 1.88 bits per heavy atom. The van der Waals surface area contributed by atoms with Gasteiger partial charge < -0.3 is 10.3 Å². The minimum atomic E-state index is -4.33. The molecule has 0 saturated heterocycles. The normalized spacial score (nSPS) is 30.3. The molecular weight excluding hydrogens is 430 g/mol. The number of nitrogens with two attached hydrogens (primary N) is 1. The number of nitrogens with zero attached hydrogens (tertiary/aromatic N) is 1. The summed E-state index contributed by atoms with van der Waals surface area (Å²) in [5.41, 5.74) is 12.0. The summed E-state index contributed by atoms with van der Waals surface area (Å²) in [4.78, 5) is 22.9. The highest BCUT2D eigenvalue weighted by Crippen LogP contribution is 2.64. The second kappa shape index (κ2) is 8.04. The predicted octanol–water partition coefficient (Wildman–Crippen LogP) is 1.65. The van der Waals surface area contributed by atoms with Crippen molar-refractivity contribution in [2.45, 2.75) is 64.8 Å². The molecule has 5 rings (SSSR count). The van der Waals surface area contributed by atoms with Gasteiger partial charge in [0.05, 0.1) is 21.6 Å². The lowest BCUT2D eigenvalue weighted by Crippen LogP contribution is -2.42. The Kier molecular flexibility index (Phi) is 5.80. The molecule has 2 fully saturated rings. The molecule has 3 atom stereocenters. The smallest absolute Gasteiger partial charge is 0.240 e. The Morgan fingerprint density at radius 1 is 1.16 bits per heavy atom. The van der Waals surface area contributed by atoms with Crippen LogP contribution in [0.25, 0.3) is 0 Å². The Labute approximate surface area is 188 Å². The van der Waals surface area contributed by atoms with Crippen LogP contribution in [-0.4, -0.2) is 42.2 Å². The van der Waals surface area contributed by atoms with E-state index in [1.807, 2.05) is 13.8 Å². The number of hydrogen-bond acceptors (Lipinski definition) is 7. The molecule has 1 aliphatic heterocycles. The van der Waals surface area contributed by atoms with Crippen LogP contribution in [0.3, 0.4) is 0 Å². The zero-order chi connectivity index (χ0) is 23.3. The van der Waals surface area contributed by atoms with Crippen molar-refractivity contribution in [3.63, 3.8) is 0 Å². The largest absolute Gasteiger partial charge is 0.748 e. The molecule has 2 saturated carbocycles. The lowest BCUT2D eigenvalue weighted by Gasteiger charge is -2.37. The van der Waals surface area contributed by atoms with Gasteiger partial charge >= 0.3 is 0 Å². The Morgan fingerprint density at radius 3 is 2.44 bits per heavy atom. The van der Waals surface area contributed by atoms with E-state index in [2.05, 4.69) is 28.7 Å². The number of carbonyl (C=O) groups is 2. The Balaban J connectivity index is 0.000000155. The van der Waals surface area contributed by atoms with E-state index in [1.54, 1.807) is 0 Å². The van der Waals surface area contributed by atoms with Crippen molar-refractivity contribution in [1.29, 1.82) is 0 Å². The number of fused-ring (bicyclic) bond motifs is 3. The van der Waals surface area contributed by atoms with Gasteiger partial charge in [-0.25, -0.2) is 13.8 Å². The van der Waals surface area contributed by atoms with Crippen molar-refractivity contribution in [3.8, 4) is 0 Å². The fourth-order valence-corrected chi connectivity index (χ4v) is 7.20. The molecule has 0 spiro atoms. The average molecular weight is 461 g/mol. The van der Waals surface area contributed by atoms with Crippen molar-refractivity contribution < 1.29 is 22.6 Å². The standard InChI is InChI=1S/C13H15N3O.C10H16O4S/c14-11-6-8-1-2-9(5-10(8)7-11)12-3-4-13(17)16-15-12;1-9(2)7-3-4-10(9,8(11)5-7)6-15(12,13)14/h1-2,5,11H,3-4,6-7,14H2,(H,16,17);7H,3-6H2,1-2H3,(H,12,13,14)/p-1. The highest BCUT2D eigenvalue weighted by Gasteiger charge is 2.64. The Hall–Kier alpha value is -2.10. The van der Waals surface area contributed by atoms with Crippen LogP contribution in [0.5, 0.6) is 0 Å². The summed E-state index contributed by atoms with van der Waals surface area (Å²) >= 11 is 0. The van der Waals surface area contributed by atoms with Crippen LogP contribution >= 0.6 is 0 Å². The van der Waals surface area contributed by atoms with Gasteiger partial charge in [0.15, 0.2) is 0 Å². The summed E-state index contributed by atoms with van der Waals surface area (Å²) in [6.45, 7) is 3.83. The summed E-state index contributed by atoms with van der Waals surface area (Å²) in [6, 6.07) is 6.63. The van der Waals surface area contributed by atoms with E-state index < -0.39 is 21.3 Å². The van der Waals surface area contributed by atoms with Crippen molar-refractivity contribution >= 4 is 27.5 Å². The second-order valence-electron chi connectivity index (χ2n) is 10.1. The molecule has 1 aromatic rings. The molecule has 32 heavy (non-hydrogen) atoms. The molecule has 0 aromatic heterocycles. The molecule has 9 heteroatoms. The van der Waals surface area contributed by atoms with Gasteiger partial charge in [-0.2, -0.15) is 5.10 Å². The summed E-state index contributed by atoms with van der Waals surface area (Å²) < 4.78 is 32.7. The topological polar surface area (TPSA) is 142 Å². The van der Waals surface area contributed by atoms with Crippen LogP contribution in [0.15, 0.2) is 23.3 Å². The SMILES string of the molecule is CC1(C)C2CCC1(CS(=O)(=O)[O-])C(=O)C2.NC1Cc2ccc(C3=NNC(=O)CC3)cc2C1. The number of carbonyl (C=O) groups excluding carboxylic acids is 2. The molecule has 1 amide bonds. The van der Waals surface area contributed by atoms with E-state index in [0.29, 0.717) is 19.3 Å². The fraction of sp³-hybridized carbons (Fsp3) is 0.609. The average Bonchev–Trinajstić information content (AvgIpc) is 3.24. The molecule has 0 radical (unpaired) electrons. The molecule has 2 bridgehead atoms. The van der Waals surface area contributed by atoms with E-state index in [0.717, 1.165) is 37.0 Å². The van der Waals surface area contributed by atoms with Crippen molar-refractivity contribution in [2.24, 2.45) is 27.6 Å². The summed E-state index contributed by atoms with van der Waals surface area (Å²) in [5.74, 6) is -0.283. The predicted molar refractivity (Wildman–Crippen MR) is 119 cm³/mol. The third-order valence-electron chi connectivity index (χ3n) is 7.97. The highest BCUT2D eigenvalue weighted by atomic mass is 32.2. The molecule has 1 aromatic carbocycles. The lowest BCUT2D eigenvalue weighted by molar-refractivity contribution is -0.128. The van der Waals surface area contributed by atoms with Gasteiger partial charge in [-0.3, -0.25) is 9.59 Å². The molecule has 4 aliphatic rings. The minimum Gasteiger partial charge on any atom is -0.748 e. The van der Waals surface area contributed by atoms with Gasteiger partial charge in [0.1, 0.15) is 5.78 Å². The van der Waals surface area contributed by atoms with Gasteiger partial charge in [0.25, 0.3) is 0 Å². The third-order valence-corrected chi connectivity index (χ3v) is 8.82. The van der Waals surface area contributed by atoms with E-state index in [-0.39, 0.29) is 29.1 Å². The van der Waals surface area contributed by atoms with Crippen LogP contribution in [0, 0.1) is 16.7 Å². The molecule has 3 aliphatic carbocycles. The number of ketones is 1. The van der Waals surface area contributed by atoms with Crippen LogP contribution in [0.1, 0.15) is 62.6 Å². The molecule has 1 heterocycles. The number of amides is 1. The number of hydrogen-bond donors (Lipinski definition) is 2. The zero-order valence-electron chi connectivity index (χ0n) is 18.5. The Bertz CT molecular complexity index is 1090. The first-order chi connectivity index (χ1) is 14.9. The van der Waals surface area contributed by atoms with Crippen molar-refractivity contribution in [2.75, 3.05) is 5.75 Å². The van der Waals surface area contributed by atoms with E-state index in [9.17, 15) is 22.6 Å². The lowest BCUT2D eigenvalue weighted by atomic mass is 9.70. The first-order valence-electron chi connectivity index (χ1n) is 11.1. The maximum absolute atomic E-state index is 11.8.